The molecule has 5 heteroatoms. The van der Waals surface area contributed by atoms with Gasteiger partial charge in [-0.2, -0.15) is 0 Å². The lowest BCUT2D eigenvalue weighted by molar-refractivity contribution is -0.146. The monoisotopic (exact) mass is 283 g/mol. The number of rotatable bonds is 6. The summed E-state index contributed by atoms with van der Waals surface area (Å²) in [4.78, 5) is 17.2. The number of nitrogens with one attached hydrogen (secondary N) is 1. The molecule has 2 saturated heterocycles. The van der Waals surface area contributed by atoms with Crippen LogP contribution in [0.15, 0.2) is 0 Å². The Kier molecular flexibility index (Phi) is 5.81. The van der Waals surface area contributed by atoms with Crippen molar-refractivity contribution < 1.29 is 9.53 Å². The van der Waals surface area contributed by atoms with Crippen LogP contribution < -0.4 is 5.32 Å². The molecule has 0 bridgehead atoms. The van der Waals surface area contributed by atoms with Gasteiger partial charge in [0.05, 0.1) is 12.0 Å². The van der Waals surface area contributed by atoms with Gasteiger partial charge in [0.15, 0.2) is 0 Å². The lowest BCUT2D eigenvalue weighted by atomic mass is 9.78. The summed E-state index contributed by atoms with van der Waals surface area (Å²) in [5, 5.41) is 3.33. The van der Waals surface area contributed by atoms with E-state index in [-0.39, 0.29) is 11.3 Å². The number of nitrogens with zero attached hydrogens (tertiary/aromatic N) is 2. The fourth-order valence-corrected chi connectivity index (χ4v) is 3.41. The van der Waals surface area contributed by atoms with E-state index in [1.807, 2.05) is 11.9 Å². The number of piperidine rings is 1. The van der Waals surface area contributed by atoms with Crippen molar-refractivity contribution in [3.63, 3.8) is 0 Å². The number of amides is 1. The highest BCUT2D eigenvalue weighted by Crippen LogP contribution is 2.31. The molecule has 116 valence electrons. The minimum Gasteiger partial charge on any atom is -0.384 e. The van der Waals surface area contributed by atoms with Crippen molar-refractivity contribution in [1.82, 2.24) is 15.1 Å². The third-order valence-corrected chi connectivity index (χ3v) is 4.73. The van der Waals surface area contributed by atoms with Crippen LogP contribution in [0.3, 0.4) is 0 Å². The fraction of sp³-hybridized carbons (Fsp3) is 0.933. The number of carbonyl (C=O) groups is 1. The summed E-state index contributed by atoms with van der Waals surface area (Å²) in [6, 6.07) is 0. The number of hydrogen-bond acceptors (Lipinski definition) is 4. The Labute approximate surface area is 122 Å². The summed E-state index contributed by atoms with van der Waals surface area (Å²) in [5.41, 5.74) is -0.306. The molecule has 0 aromatic heterocycles. The summed E-state index contributed by atoms with van der Waals surface area (Å²) >= 11 is 0. The summed E-state index contributed by atoms with van der Waals surface area (Å²) in [6.45, 7) is 6.58. The SMILES string of the molecule is COCC1(C(=O)N(C)CCN2CCCC2)CCNCC1. The molecule has 1 N–H and O–H groups in total. The number of hydrogen-bond donors (Lipinski definition) is 1. The van der Waals surface area contributed by atoms with Gasteiger partial charge >= 0.3 is 0 Å². The van der Waals surface area contributed by atoms with Crippen molar-refractivity contribution in [1.29, 1.82) is 0 Å². The van der Waals surface area contributed by atoms with Gasteiger partial charge in [0.25, 0.3) is 0 Å². The van der Waals surface area contributed by atoms with E-state index in [1.165, 1.54) is 25.9 Å². The summed E-state index contributed by atoms with van der Waals surface area (Å²) in [6.07, 6.45) is 4.37. The number of carbonyl (C=O) groups excluding carboxylic acids is 1. The molecule has 2 aliphatic heterocycles. The van der Waals surface area contributed by atoms with Crippen molar-refractivity contribution >= 4 is 5.91 Å². The predicted octanol–water partition coefficient (Wildman–Crippen LogP) is 0.557. The van der Waals surface area contributed by atoms with Crippen molar-refractivity contribution in [2.75, 3.05) is 60.0 Å². The Morgan fingerprint density at radius 3 is 2.55 bits per heavy atom. The van der Waals surface area contributed by atoms with Crippen LogP contribution in [0, 0.1) is 5.41 Å². The summed E-state index contributed by atoms with van der Waals surface area (Å²) < 4.78 is 5.35. The highest BCUT2D eigenvalue weighted by Gasteiger charge is 2.41. The Morgan fingerprint density at radius 2 is 1.95 bits per heavy atom. The molecule has 2 fully saturated rings. The molecule has 0 spiro atoms. The Hall–Kier alpha value is -0.650. The van der Waals surface area contributed by atoms with Crippen molar-refractivity contribution in [2.24, 2.45) is 5.41 Å². The zero-order valence-electron chi connectivity index (χ0n) is 13.0. The highest BCUT2D eigenvalue weighted by atomic mass is 16.5. The number of likely N-dealkylation sites (tertiary alicyclic amines) is 1. The third kappa shape index (κ3) is 3.71. The minimum absolute atomic E-state index is 0.264. The van der Waals surface area contributed by atoms with Gasteiger partial charge in [0, 0.05) is 27.2 Å². The van der Waals surface area contributed by atoms with Crippen LogP contribution >= 0.6 is 0 Å². The quantitative estimate of drug-likeness (QED) is 0.773. The molecular weight excluding hydrogens is 254 g/mol. The second-order valence-corrected chi connectivity index (χ2v) is 6.24. The second-order valence-electron chi connectivity index (χ2n) is 6.24. The van der Waals surface area contributed by atoms with Gasteiger partial charge in [0.1, 0.15) is 0 Å². The maximum Gasteiger partial charge on any atom is 0.231 e. The Bertz CT molecular complexity index is 305. The Morgan fingerprint density at radius 1 is 1.30 bits per heavy atom. The van der Waals surface area contributed by atoms with Crippen LogP contribution in [0.5, 0.6) is 0 Å². The van der Waals surface area contributed by atoms with Gasteiger partial charge in [-0.05, 0) is 51.9 Å². The van der Waals surface area contributed by atoms with E-state index < -0.39 is 0 Å². The average molecular weight is 283 g/mol. The average Bonchev–Trinajstić information content (AvgIpc) is 2.98. The molecule has 2 rings (SSSR count). The molecule has 0 aromatic carbocycles. The van der Waals surface area contributed by atoms with Crippen LogP contribution in [-0.2, 0) is 9.53 Å². The van der Waals surface area contributed by atoms with E-state index in [2.05, 4.69) is 10.2 Å². The van der Waals surface area contributed by atoms with E-state index >= 15 is 0 Å². The molecular formula is C15H29N3O2. The van der Waals surface area contributed by atoms with Crippen molar-refractivity contribution in [3.05, 3.63) is 0 Å². The van der Waals surface area contributed by atoms with Gasteiger partial charge in [-0.3, -0.25) is 4.79 Å². The lowest BCUT2D eigenvalue weighted by Crippen LogP contribution is -2.51. The maximum absolute atomic E-state index is 12.8. The first-order valence-corrected chi connectivity index (χ1v) is 7.85. The highest BCUT2D eigenvalue weighted by molar-refractivity contribution is 5.82. The van der Waals surface area contributed by atoms with Gasteiger partial charge in [-0.25, -0.2) is 0 Å². The summed E-state index contributed by atoms with van der Waals surface area (Å²) in [7, 11) is 3.64. The molecule has 5 nitrogen and oxygen atoms in total. The van der Waals surface area contributed by atoms with E-state index in [4.69, 9.17) is 4.74 Å². The first-order valence-electron chi connectivity index (χ1n) is 7.85. The normalized spacial score (nSPS) is 22.9. The van der Waals surface area contributed by atoms with Gasteiger partial charge in [-0.15, -0.1) is 0 Å². The Balaban J connectivity index is 1.88. The van der Waals surface area contributed by atoms with Crippen LogP contribution in [0.1, 0.15) is 25.7 Å². The lowest BCUT2D eigenvalue weighted by Gasteiger charge is -2.38. The third-order valence-electron chi connectivity index (χ3n) is 4.73. The van der Waals surface area contributed by atoms with E-state index in [1.54, 1.807) is 7.11 Å². The van der Waals surface area contributed by atoms with E-state index in [9.17, 15) is 4.79 Å². The van der Waals surface area contributed by atoms with Crippen LogP contribution in [-0.4, -0.2) is 75.7 Å². The van der Waals surface area contributed by atoms with Crippen LogP contribution in [0.25, 0.3) is 0 Å². The van der Waals surface area contributed by atoms with Crippen LogP contribution in [0.4, 0.5) is 0 Å². The number of likely N-dealkylation sites (N-methyl/N-ethyl adjacent to an activating group) is 1. The predicted molar refractivity (Wildman–Crippen MR) is 79.7 cm³/mol. The largest absolute Gasteiger partial charge is 0.384 e. The molecule has 0 aliphatic carbocycles. The summed E-state index contributed by atoms with van der Waals surface area (Å²) in [5.74, 6) is 0.264. The minimum atomic E-state index is -0.306. The van der Waals surface area contributed by atoms with Gasteiger partial charge in [0.2, 0.25) is 5.91 Å². The first kappa shape index (κ1) is 15.7. The van der Waals surface area contributed by atoms with Crippen molar-refractivity contribution in [2.45, 2.75) is 25.7 Å². The molecule has 0 unspecified atom stereocenters. The zero-order chi connectivity index (χ0) is 14.4. The molecule has 0 atom stereocenters. The standard InChI is InChI=1S/C15H29N3O2/c1-17(11-12-18-9-3-4-10-18)14(19)15(13-20-2)5-7-16-8-6-15/h16H,3-13H2,1-2H3. The molecule has 20 heavy (non-hydrogen) atoms. The van der Waals surface area contributed by atoms with Gasteiger partial charge in [-0.1, -0.05) is 0 Å². The maximum atomic E-state index is 12.8. The second kappa shape index (κ2) is 7.38. The van der Waals surface area contributed by atoms with E-state index in [0.29, 0.717) is 6.61 Å². The zero-order valence-corrected chi connectivity index (χ0v) is 13.0. The van der Waals surface area contributed by atoms with E-state index in [0.717, 1.165) is 39.0 Å². The molecule has 0 radical (unpaired) electrons. The smallest absolute Gasteiger partial charge is 0.231 e. The first-order chi connectivity index (χ1) is 9.68. The van der Waals surface area contributed by atoms with Crippen molar-refractivity contribution in [3.8, 4) is 0 Å². The van der Waals surface area contributed by atoms with Gasteiger partial charge < -0.3 is 19.9 Å². The number of ether oxygens (including phenoxy) is 1. The molecule has 1 amide bonds. The van der Waals surface area contributed by atoms with Crippen LogP contribution in [0.2, 0.25) is 0 Å². The molecule has 2 aliphatic rings. The topological polar surface area (TPSA) is 44.8 Å². The fourth-order valence-electron chi connectivity index (χ4n) is 3.41. The molecule has 0 saturated carbocycles. The number of methoxy groups -OCH3 is 1. The molecule has 2 heterocycles. The molecule has 0 aromatic rings.